The van der Waals surface area contributed by atoms with Gasteiger partial charge in [-0.05, 0) is 58.2 Å². The molecule has 8 nitrogen and oxygen atoms in total. The molecule has 2 aliphatic rings. The molecule has 32 heavy (non-hydrogen) atoms. The third-order valence-electron chi connectivity index (χ3n) is 5.53. The molecule has 2 aromatic heterocycles. The normalized spacial score (nSPS) is 18.8. The van der Waals surface area contributed by atoms with Gasteiger partial charge in [0.1, 0.15) is 11.6 Å². The van der Waals surface area contributed by atoms with Crippen molar-refractivity contribution in [2.24, 2.45) is 0 Å². The highest BCUT2D eigenvalue weighted by molar-refractivity contribution is 7.17. The molecule has 2 aromatic rings. The van der Waals surface area contributed by atoms with E-state index in [0.29, 0.717) is 43.2 Å². The van der Waals surface area contributed by atoms with Crippen molar-refractivity contribution in [2.45, 2.75) is 58.6 Å². The van der Waals surface area contributed by atoms with Crippen molar-refractivity contribution < 1.29 is 19.1 Å². The summed E-state index contributed by atoms with van der Waals surface area (Å²) in [5, 5.41) is 3.48. The zero-order valence-electron chi connectivity index (χ0n) is 18.8. The van der Waals surface area contributed by atoms with Gasteiger partial charge in [0.05, 0.1) is 16.3 Å². The van der Waals surface area contributed by atoms with Crippen LogP contribution in [0.15, 0.2) is 24.4 Å². The molecule has 0 aliphatic carbocycles. The first-order valence-electron chi connectivity index (χ1n) is 10.8. The molecule has 170 valence electrons. The highest BCUT2D eigenvalue weighted by atomic mass is 32.1. The van der Waals surface area contributed by atoms with Crippen molar-refractivity contribution in [1.29, 1.82) is 0 Å². The van der Waals surface area contributed by atoms with Crippen LogP contribution in [0.3, 0.4) is 0 Å². The lowest BCUT2D eigenvalue weighted by atomic mass is 10.0. The number of nitrogens with one attached hydrogen (secondary N) is 1. The number of fused-ring (bicyclic) bond motifs is 1. The number of amides is 2. The third kappa shape index (κ3) is 4.62. The van der Waals surface area contributed by atoms with Crippen molar-refractivity contribution in [2.75, 3.05) is 18.4 Å². The van der Waals surface area contributed by atoms with E-state index in [9.17, 15) is 14.4 Å². The monoisotopic (exact) mass is 456 g/mol. The first kappa shape index (κ1) is 22.3. The van der Waals surface area contributed by atoms with Gasteiger partial charge in [-0.15, -0.1) is 0 Å². The maximum absolute atomic E-state index is 12.9. The Balaban J connectivity index is 1.43. The number of carbonyl (C=O) groups is 3. The van der Waals surface area contributed by atoms with Crippen LogP contribution in [0.25, 0.3) is 5.57 Å². The van der Waals surface area contributed by atoms with Gasteiger partial charge in [0.25, 0.3) is 0 Å². The lowest BCUT2D eigenvalue weighted by molar-refractivity contribution is -0.119. The molecule has 0 saturated heterocycles. The quantitative estimate of drug-likeness (QED) is 0.737. The molecule has 1 N–H and O–H groups in total. The second-order valence-electron chi connectivity index (χ2n) is 9.11. The summed E-state index contributed by atoms with van der Waals surface area (Å²) in [7, 11) is 0. The largest absolute Gasteiger partial charge is 0.444 e. The number of aromatic nitrogens is 2. The first-order chi connectivity index (χ1) is 15.1. The van der Waals surface area contributed by atoms with Gasteiger partial charge in [-0.2, -0.15) is 0 Å². The Labute approximate surface area is 191 Å². The fraction of sp³-hybridized carbons (Fsp3) is 0.478. The summed E-state index contributed by atoms with van der Waals surface area (Å²) in [5.74, 6) is -0.0972. The molecule has 4 rings (SSSR count). The molecule has 4 heterocycles. The first-order valence-corrected chi connectivity index (χ1v) is 11.6. The van der Waals surface area contributed by atoms with E-state index < -0.39 is 11.6 Å². The summed E-state index contributed by atoms with van der Waals surface area (Å²) in [6.45, 7) is 8.55. The fourth-order valence-corrected chi connectivity index (χ4v) is 5.04. The minimum atomic E-state index is -0.518. The van der Waals surface area contributed by atoms with E-state index >= 15 is 0 Å². The van der Waals surface area contributed by atoms with Gasteiger partial charge in [-0.25, -0.2) is 9.78 Å². The van der Waals surface area contributed by atoms with Gasteiger partial charge in [-0.3, -0.25) is 9.59 Å². The van der Waals surface area contributed by atoms with Gasteiger partial charge in [0.2, 0.25) is 5.91 Å². The number of ketones is 1. The van der Waals surface area contributed by atoms with E-state index in [1.807, 2.05) is 33.8 Å². The van der Waals surface area contributed by atoms with Crippen LogP contribution in [0.2, 0.25) is 0 Å². The van der Waals surface area contributed by atoms with E-state index in [0.717, 1.165) is 16.1 Å². The molecule has 0 bridgehead atoms. The van der Waals surface area contributed by atoms with Crippen LogP contribution in [-0.4, -0.2) is 50.9 Å². The highest BCUT2D eigenvalue weighted by Gasteiger charge is 2.30. The molecule has 1 unspecified atom stereocenters. The second kappa shape index (κ2) is 8.54. The lowest BCUT2D eigenvalue weighted by Gasteiger charge is -2.29. The average Bonchev–Trinajstić information content (AvgIpc) is 3.34. The Morgan fingerprint density at radius 2 is 2.06 bits per heavy atom. The van der Waals surface area contributed by atoms with Crippen LogP contribution in [0.4, 0.5) is 9.93 Å². The molecule has 2 amide bonds. The van der Waals surface area contributed by atoms with Crippen molar-refractivity contribution >= 4 is 39.8 Å². The van der Waals surface area contributed by atoms with Gasteiger partial charge < -0.3 is 19.5 Å². The zero-order chi connectivity index (χ0) is 23.0. The minimum absolute atomic E-state index is 0.0658. The number of anilines is 1. The predicted octanol–water partition coefficient (Wildman–Crippen LogP) is 4.43. The molecule has 0 aromatic carbocycles. The number of hydrogen-bond donors (Lipinski definition) is 1. The summed E-state index contributed by atoms with van der Waals surface area (Å²) in [5.41, 5.74) is 2.03. The van der Waals surface area contributed by atoms with Crippen LogP contribution in [-0.2, 0) is 9.53 Å². The number of rotatable bonds is 3. The summed E-state index contributed by atoms with van der Waals surface area (Å²) in [6.07, 6.45) is 5.04. The van der Waals surface area contributed by atoms with Gasteiger partial charge in [0, 0.05) is 25.7 Å². The zero-order valence-corrected chi connectivity index (χ0v) is 19.6. The van der Waals surface area contributed by atoms with Crippen molar-refractivity contribution in [1.82, 2.24) is 14.5 Å². The summed E-state index contributed by atoms with van der Waals surface area (Å²) >= 11 is 1.44. The predicted molar refractivity (Wildman–Crippen MR) is 123 cm³/mol. The van der Waals surface area contributed by atoms with Crippen LogP contribution in [0.5, 0.6) is 0 Å². The molecule has 2 aliphatic heterocycles. The summed E-state index contributed by atoms with van der Waals surface area (Å²) in [4.78, 5) is 44.5. The minimum Gasteiger partial charge on any atom is -0.444 e. The standard InChI is InChI=1S/C23H28N4O4S/c1-14-19(15-9-12-26(13-10-15)22(30)31-23(2,3)4)32-21(24-14)25-20(29)17-7-8-18(28)16-6-5-11-27(16)17/h5-6,9,11,17H,7-8,10,12-13H2,1-4H3,(H,24,25,29). The number of ether oxygens (including phenoxy) is 1. The van der Waals surface area contributed by atoms with E-state index in [4.69, 9.17) is 4.74 Å². The van der Waals surface area contributed by atoms with Crippen LogP contribution >= 0.6 is 11.3 Å². The SMILES string of the molecule is Cc1nc(NC(=O)C2CCC(=O)c3cccn32)sc1C1=CCN(C(=O)OC(C)(C)C)CC1. The molecule has 0 fully saturated rings. The average molecular weight is 457 g/mol. The van der Waals surface area contributed by atoms with Crippen LogP contribution in [0.1, 0.15) is 67.1 Å². The van der Waals surface area contributed by atoms with E-state index in [-0.39, 0.29) is 17.8 Å². The molecular weight excluding hydrogens is 428 g/mol. The third-order valence-corrected chi connectivity index (χ3v) is 6.68. The van der Waals surface area contributed by atoms with Gasteiger partial charge in [-0.1, -0.05) is 17.4 Å². The molecule has 0 radical (unpaired) electrons. The van der Waals surface area contributed by atoms with E-state index in [1.165, 1.54) is 11.3 Å². The molecular formula is C23H28N4O4S. The topological polar surface area (TPSA) is 93.5 Å². The summed E-state index contributed by atoms with van der Waals surface area (Å²) < 4.78 is 7.20. The number of hydrogen-bond acceptors (Lipinski definition) is 6. The number of aryl methyl sites for hydroxylation is 1. The Bertz CT molecular complexity index is 1090. The molecule has 9 heteroatoms. The number of carbonyl (C=O) groups excluding carboxylic acids is 3. The Kier molecular flexibility index (Phi) is 5.94. The van der Waals surface area contributed by atoms with E-state index in [2.05, 4.69) is 10.3 Å². The Hall–Kier alpha value is -2.94. The molecule has 0 saturated carbocycles. The van der Waals surface area contributed by atoms with Crippen molar-refractivity contribution in [3.8, 4) is 0 Å². The second-order valence-corrected chi connectivity index (χ2v) is 10.1. The molecule has 1 atom stereocenters. The number of nitrogens with zero attached hydrogens (tertiary/aromatic N) is 3. The maximum Gasteiger partial charge on any atom is 0.410 e. The Morgan fingerprint density at radius 1 is 1.28 bits per heavy atom. The van der Waals surface area contributed by atoms with Crippen molar-refractivity contribution in [3.63, 3.8) is 0 Å². The van der Waals surface area contributed by atoms with Gasteiger partial charge >= 0.3 is 6.09 Å². The smallest absolute Gasteiger partial charge is 0.410 e. The maximum atomic E-state index is 12.9. The number of Topliss-reactive ketones (excluding diaryl/α,β-unsaturated/α-hetero) is 1. The van der Waals surface area contributed by atoms with Crippen LogP contribution < -0.4 is 5.32 Å². The van der Waals surface area contributed by atoms with E-state index in [1.54, 1.807) is 27.8 Å². The number of thiazole rings is 1. The Morgan fingerprint density at radius 3 is 2.75 bits per heavy atom. The van der Waals surface area contributed by atoms with Crippen molar-refractivity contribution in [3.05, 3.63) is 40.7 Å². The van der Waals surface area contributed by atoms with Crippen LogP contribution in [0, 0.1) is 6.92 Å². The highest BCUT2D eigenvalue weighted by Crippen LogP contribution is 2.34. The summed E-state index contributed by atoms with van der Waals surface area (Å²) in [6, 6.07) is 3.13. The fourth-order valence-electron chi connectivity index (χ4n) is 4.00. The molecule has 0 spiro atoms. The lowest BCUT2D eigenvalue weighted by Crippen LogP contribution is -2.39. The van der Waals surface area contributed by atoms with Gasteiger partial charge in [0.15, 0.2) is 10.9 Å².